The van der Waals surface area contributed by atoms with Crippen LogP contribution in [0.1, 0.15) is 5.56 Å². The third-order valence-corrected chi connectivity index (χ3v) is 2.93. The van der Waals surface area contributed by atoms with Gasteiger partial charge in [-0.15, -0.1) is 0 Å². The predicted molar refractivity (Wildman–Crippen MR) is 72.5 cm³/mol. The average molecular weight is 260 g/mol. The average Bonchev–Trinajstić information content (AvgIpc) is 2.37. The summed E-state index contributed by atoms with van der Waals surface area (Å²) in [4.78, 5) is 0. The lowest BCUT2D eigenvalue weighted by atomic mass is 10.0. The molecule has 92 valence electrons. The van der Waals surface area contributed by atoms with Gasteiger partial charge in [-0.2, -0.15) is 8.42 Å². The number of rotatable bonds is 3. The van der Waals surface area contributed by atoms with Crippen molar-refractivity contribution in [2.24, 2.45) is 0 Å². The van der Waals surface area contributed by atoms with Gasteiger partial charge in [-0.05, 0) is 22.8 Å². The van der Waals surface area contributed by atoms with E-state index in [1.807, 2.05) is 42.5 Å². The highest BCUT2D eigenvalue weighted by Gasteiger charge is 1.98. The summed E-state index contributed by atoms with van der Waals surface area (Å²) in [5.74, 6) is 0. The summed E-state index contributed by atoms with van der Waals surface area (Å²) in [7, 11) is -4.07. The molecule has 0 saturated heterocycles. The molecular formula is C14H12O3S. The van der Waals surface area contributed by atoms with Gasteiger partial charge < -0.3 is 0 Å². The molecule has 1 N–H and O–H groups in total. The van der Waals surface area contributed by atoms with Crippen LogP contribution in [-0.2, 0) is 10.1 Å². The summed E-state index contributed by atoms with van der Waals surface area (Å²) in [6.07, 6.45) is 1.35. The SMILES string of the molecule is O=S(=O)(O)C=Cc1ccc(-c2ccccc2)cc1. The summed E-state index contributed by atoms with van der Waals surface area (Å²) in [5.41, 5.74) is 2.87. The maximum atomic E-state index is 10.6. The van der Waals surface area contributed by atoms with Gasteiger partial charge in [0.15, 0.2) is 0 Å². The van der Waals surface area contributed by atoms with Crippen LogP contribution in [-0.4, -0.2) is 13.0 Å². The van der Waals surface area contributed by atoms with Crippen molar-refractivity contribution < 1.29 is 13.0 Å². The second-order valence-electron chi connectivity index (χ2n) is 3.81. The lowest BCUT2D eigenvalue weighted by Crippen LogP contribution is -1.88. The van der Waals surface area contributed by atoms with E-state index >= 15 is 0 Å². The monoisotopic (exact) mass is 260 g/mol. The van der Waals surface area contributed by atoms with Crippen molar-refractivity contribution in [3.8, 4) is 11.1 Å². The molecule has 2 rings (SSSR count). The van der Waals surface area contributed by atoms with Gasteiger partial charge in [-0.1, -0.05) is 54.6 Å². The molecule has 2 aromatic rings. The summed E-state index contributed by atoms with van der Waals surface area (Å²) in [6, 6.07) is 17.3. The molecule has 0 heterocycles. The van der Waals surface area contributed by atoms with Gasteiger partial charge in [0.1, 0.15) is 0 Å². The van der Waals surface area contributed by atoms with Gasteiger partial charge in [0.05, 0.1) is 5.41 Å². The van der Waals surface area contributed by atoms with E-state index < -0.39 is 10.1 Å². The zero-order valence-corrected chi connectivity index (χ0v) is 10.3. The highest BCUT2D eigenvalue weighted by atomic mass is 32.2. The second kappa shape index (κ2) is 5.16. The molecule has 0 aliphatic carbocycles. The van der Waals surface area contributed by atoms with Gasteiger partial charge in [0.25, 0.3) is 10.1 Å². The van der Waals surface area contributed by atoms with E-state index in [9.17, 15) is 8.42 Å². The first-order valence-corrected chi connectivity index (χ1v) is 6.86. The number of hydrogen-bond donors (Lipinski definition) is 1. The molecule has 3 nitrogen and oxygen atoms in total. The Balaban J connectivity index is 2.24. The standard InChI is InChI=1S/C14H12O3S/c15-18(16,17)11-10-12-6-8-14(9-7-12)13-4-2-1-3-5-13/h1-11H,(H,15,16,17). The Morgan fingerprint density at radius 1 is 0.833 bits per heavy atom. The second-order valence-corrected chi connectivity index (χ2v) is 5.11. The minimum atomic E-state index is -4.07. The van der Waals surface area contributed by atoms with Crippen LogP contribution in [0.3, 0.4) is 0 Å². The van der Waals surface area contributed by atoms with Crippen LogP contribution in [0.25, 0.3) is 17.2 Å². The van der Waals surface area contributed by atoms with Crippen LogP contribution in [0.4, 0.5) is 0 Å². The van der Waals surface area contributed by atoms with Crippen LogP contribution in [0.2, 0.25) is 0 Å². The molecule has 0 atom stereocenters. The topological polar surface area (TPSA) is 54.4 Å². The molecule has 0 aliphatic rings. The first-order chi connectivity index (χ1) is 8.54. The summed E-state index contributed by atoms with van der Waals surface area (Å²) in [5, 5.41) is 0.768. The molecule has 18 heavy (non-hydrogen) atoms. The highest BCUT2D eigenvalue weighted by molar-refractivity contribution is 7.88. The van der Waals surface area contributed by atoms with E-state index in [0.717, 1.165) is 16.5 Å². The Labute approximate surface area is 106 Å². The fraction of sp³-hybridized carbons (Fsp3) is 0. The van der Waals surface area contributed by atoms with Crippen molar-refractivity contribution in [3.05, 3.63) is 65.6 Å². The quantitative estimate of drug-likeness (QED) is 0.862. The lowest BCUT2D eigenvalue weighted by molar-refractivity contribution is 0.494. The molecular weight excluding hydrogens is 248 g/mol. The van der Waals surface area contributed by atoms with Crippen molar-refractivity contribution in [3.63, 3.8) is 0 Å². The maximum Gasteiger partial charge on any atom is 0.287 e. The summed E-state index contributed by atoms with van der Waals surface area (Å²) >= 11 is 0. The van der Waals surface area contributed by atoms with Crippen molar-refractivity contribution in [1.82, 2.24) is 0 Å². The Morgan fingerprint density at radius 3 is 1.94 bits per heavy atom. The fourth-order valence-corrected chi connectivity index (χ4v) is 1.91. The smallest absolute Gasteiger partial charge is 0.282 e. The van der Waals surface area contributed by atoms with Crippen molar-refractivity contribution in [1.29, 1.82) is 0 Å². The highest BCUT2D eigenvalue weighted by Crippen LogP contribution is 2.19. The van der Waals surface area contributed by atoms with Crippen molar-refractivity contribution in [2.45, 2.75) is 0 Å². The molecule has 2 aromatic carbocycles. The third kappa shape index (κ3) is 3.55. The van der Waals surface area contributed by atoms with Gasteiger partial charge in [0.2, 0.25) is 0 Å². The Morgan fingerprint density at radius 2 is 1.39 bits per heavy atom. The molecule has 0 aliphatic heterocycles. The molecule has 0 radical (unpaired) electrons. The van der Waals surface area contributed by atoms with Crippen molar-refractivity contribution in [2.75, 3.05) is 0 Å². The van der Waals surface area contributed by atoms with E-state index in [-0.39, 0.29) is 0 Å². The normalized spacial score (nSPS) is 11.8. The van der Waals surface area contributed by atoms with E-state index in [4.69, 9.17) is 4.55 Å². The molecule has 4 heteroatoms. The minimum Gasteiger partial charge on any atom is -0.282 e. The van der Waals surface area contributed by atoms with E-state index in [1.165, 1.54) is 6.08 Å². The molecule has 0 amide bonds. The van der Waals surface area contributed by atoms with Crippen LogP contribution >= 0.6 is 0 Å². The summed E-state index contributed by atoms with van der Waals surface area (Å²) < 4.78 is 29.7. The molecule has 0 unspecified atom stereocenters. The van der Waals surface area contributed by atoms with Crippen LogP contribution in [0.5, 0.6) is 0 Å². The first kappa shape index (κ1) is 12.5. The van der Waals surface area contributed by atoms with Gasteiger partial charge >= 0.3 is 0 Å². The fourth-order valence-electron chi connectivity index (χ4n) is 1.58. The largest absolute Gasteiger partial charge is 0.287 e. The zero-order chi connectivity index (χ0) is 13.0. The molecule has 0 fully saturated rings. The Bertz CT molecular complexity index is 641. The molecule has 0 saturated carbocycles. The molecule has 0 spiro atoms. The predicted octanol–water partition coefficient (Wildman–Crippen LogP) is 3.21. The van der Waals surface area contributed by atoms with Gasteiger partial charge in [0, 0.05) is 0 Å². The maximum absolute atomic E-state index is 10.6. The van der Waals surface area contributed by atoms with E-state index in [2.05, 4.69) is 0 Å². The lowest BCUT2D eigenvalue weighted by Gasteiger charge is -2.01. The van der Waals surface area contributed by atoms with E-state index in [0.29, 0.717) is 5.56 Å². The van der Waals surface area contributed by atoms with Crippen molar-refractivity contribution >= 4 is 16.2 Å². The Kier molecular flexibility index (Phi) is 3.60. The third-order valence-electron chi connectivity index (χ3n) is 2.45. The number of benzene rings is 2. The summed E-state index contributed by atoms with van der Waals surface area (Å²) in [6.45, 7) is 0. The Hall–Kier alpha value is -1.91. The van der Waals surface area contributed by atoms with Crippen LogP contribution < -0.4 is 0 Å². The van der Waals surface area contributed by atoms with Crippen LogP contribution in [0, 0.1) is 0 Å². The van der Waals surface area contributed by atoms with Gasteiger partial charge in [-0.25, -0.2) is 0 Å². The first-order valence-electron chi connectivity index (χ1n) is 5.36. The van der Waals surface area contributed by atoms with E-state index in [1.54, 1.807) is 12.1 Å². The molecule has 0 bridgehead atoms. The van der Waals surface area contributed by atoms with Gasteiger partial charge in [-0.3, -0.25) is 4.55 Å². The molecule has 0 aromatic heterocycles. The van der Waals surface area contributed by atoms with Crippen LogP contribution in [0.15, 0.2) is 60.0 Å². The zero-order valence-electron chi connectivity index (χ0n) is 9.52. The minimum absolute atomic E-state index is 0.715. The number of hydrogen-bond acceptors (Lipinski definition) is 2.